The maximum absolute atomic E-state index is 12.6. The van der Waals surface area contributed by atoms with Gasteiger partial charge in [-0.15, -0.1) is 11.8 Å². The molecule has 0 amide bonds. The maximum Gasteiger partial charge on any atom is 0.428 e. The summed E-state index contributed by atoms with van der Waals surface area (Å²) >= 11 is 12.8. The zero-order chi connectivity index (χ0) is 26.8. The maximum atomic E-state index is 12.6. The van der Waals surface area contributed by atoms with Crippen molar-refractivity contribution in [3.63, 3.8) is 0 Å². The lowest BCUT2D eigenvalue weighted by Crippen LogP contribution is -2.26. The molecule has 38 heavy (non-hydrogen) atoms. The number of unbranched alkanes of at least 4 members (excludes halogenated alkanes) is 2. The number of rotatable bonds is 13. The summed E-state index contributed by atoms with van der Waals surface area (Å²) in [5.41, 5.74) is 4.35. The Morgan fingerprint density at radius 1 is 0.684 bits per heavy atom. The highest BCUT2D eigenvalue weighted by molar-refractivity contribution is 8.05. The molecule has 0 N–H and O–H groups in total. The molecule has 0 saturated heterocycles. The van der Waals surface area contributed by atoms with Gasteiger partial charge in [0.25, 0.3) is 0 Å². The van der Waals surface area contributed by atoms with Crippen molar-refractivity contribution in [2.24, 2.45) is 0 Å². The monoisotopic (exact) mass is 582 g/mol. The van der Waals surface area contributed by atoms with Gasteiger partial charge < -0.3 is 4.52 Å². The van der Waals surface area contributed by atoms with E-state index in [1.807, 2.05) is 11.8 Å². The van der Waals surface area contributed by atoms with E-state index in [0.29, 0.717) is 12.0 Å². The van der Waals surface area contributed by atoms with Crippen molar-refractivity contribution in [1.82, 2.24) is 0 Å². The van der Waals surface area contributed by atoms with Gasteiger partial charge in [0.15, 0.2) is 5.78 Å². The molecule has 4 aromatic rings. The predicted octanol–water partition coefficient (Wildman–Crippen LogP) is 10.1. The lowest BCUT2D eigenvalue weighted by Gasteiger charge is -2.35. The van der Waals surface area contributed by atoms with Crippen LogP contribution in [-0.2, 0) is 9.31 Å². The number of hydrogen-bond donors (Lipinski definition) is 0. The molecule has 0 saturated carbocycles. The summed E-state index contributed by atoms with van der Waals surface area (Å²) in [6.07, 6.45) is -0.436. The van der Waals surface area contributed by atoms with Crippen LogP contribution in [0.3, 0.4) is 0 Å². The van der Waals surface area contributed by atoms with Gasteiger partial charge in [0.2, 0.25) is 0 Å². The summed E-state index contributed by atoms with van der Waals surface area (Å²) in [5, 5.41) is 0. The first-order valence-electron chi connectivity index (χ1n) is 12.5. The van der Waals surface area contributed by atoms with Gasteiger partial charge in [-0.2, -0.15) is 0 Å². The molecular formula is C31H29Cl2O3PS. The molecule has 3 nitrogen and oxygen atoms in total. The fourth-order valence-electron chi connectivity index (χ4n) is 4.53. The van der Waals surface area contributed by atoms with E-state index in [9.17, 15) is 9.36 Å². The van der Waals surface area contributed by atoms with Crippen LogP contribution in [0.2, 0.25) is 0 Å². The molecule has 0 atom stereocenters. The molecule has 0 unspecified atom stereocenters. The van der Waals surface area contributed by atoms with Crippen molar-refractivity contribution in [1.29, 1.82) is 0 Å². The molecule has 4 aromatic carbocycles. The summed E-state index contributed by atoms with van der Waals surface area (Å²) in [4.78, 5) is 12.6. The SMILES string of the molecule is O=C(CCCCCSC(c1ccccc1)(c1ccccc1)c1ccccc1)c1ccc(OP(=O)(Cl)Cl)cc1. The number of hydrogen-bond acceptors (Lipinski definition) is 4. The van der Waals surface area contributed by atoms with E-state index in [1.54, 1.807) is 24.3 Å². The van der Waals surface area contributed by atoms with Gasteiger partial charge in [0.1, 0.15) is 5.75 Å². The Labute approximate surface area is 238 Å². The highest BCUT2D eigenvalue weighted by Gasteiger charge is 2.36. The second kappa shape index (κ2) is 13.5. The van der Waals surface area contributed by atoms with Crippen molar-refractivity contribution >= 4 is 46.1 Å². The van der Waals surface area contributed by atoms with Crippen molar-refractivity contribution in [3.05, 3.63) is 138 Å². The number of carbonyl (C=O) groups excluding carboxylic acids is 1. The van der Waals surface area contributed by atoms with Gasteiger partial charge >= 0.3 is 6.07 Å². The minimum atomic E-state index is -3.67. The fraction of sp³-hybridized carbons (Fsp3) is 0.194. The topological polar surface area (TPSA) is 43.4 Å². The van der Waals surface area contributed by atoms with Gasteiger partial charge in [-0.3, -0.25) is 4.79 Å². The van der Waals surface area contributed by atoms with Crippen molar-refractivity contribution in [3.8, 4) is 5.75 Å². The van der Waals surface area contributed by atoms with Gasteiger partial charge in [-0.1, -0.05) is 97.4 Å². The van der Waals surface area contributed by atoms with E-state index in [1.165, 1.54) is 16.7 Å². The third-order valence-electron chi connectivity index (χ3n) is 6.30. The molecule has 0 bridgehead atoms. The minimum absolute atomic E-state index is 0.0661. The first-order chi connectivity index (χ1) is 18.4. The molecule has 0 aliphatic rings. The first kappa shape index (κ1) is 28.5. The first-order valence-corrected chi connectivity index (χ1v) is 16.9. The fourth-order valence-corrected chi connectivity index (χ4v) is 6.94. The van der Waals surface area contributed by atoms with E-state index in [0.717, 1.165) is 25.0 Å². The Bertz CT molecular complexity index is 1250. The number of Topliss-reactive ketones (excluding diaryl/α,β-unsaturated/α-hetero) is 1. The third-order valence-corrected chi connectivity index (χ3v) is 8.77. The Morgan fingerprint density at radius 2 is 1.16 bits per heavy atom. The van der Waals surface area contributed by atoms with E-state index in [4.69, 9.17) is 27.0 Å². The number of carbonyl (C=O) groups is 1. The molecular weight excluding hydrogens is 554 g/mol. The third kappa shape index (κ3) is 7.55. The Balaban J connectivity index is 1.39. The van der Waals surface area contributed by atoms with Crippen LogP contribution >= 0.6 is 40.3 Å². The average Bonchev–Trinajstić information content (AvgIpc) is 2.94. The lowest BCUT2D eigenvalue weighted by atomic mass is 9.84. The highest BCUT2D eigenvalue weighted by atomic mass is 35.9. The number of benzene rings is 4. The molecule has 7 heteroatoms. The van der Waals surface area contributed by atoms with Crippen LogP contribution in [0.15, 0.2) is 115 Å². The summed E-state index contributed by atoms with van der Waals surface area (Å²) < 4.78 is 16.0. The number of ketones is 1. The second-order valence-corrected chi connectivity index (χ2v) is 14.4. The Morgan fingerprint density at radius 3 is 1.61 bits per heavy atom. The normalized spacial score (nSPS) is 11.7. The minimum Gasteiger partial charge on any atom is -0.422 e. The van der Waals surface area contributed by atoms with Crippen molar-refractivity contribution < 1.29 is 13.9 Å². The average molecular weight is 584 g/mol. The molecule has 0 aliphatic carbocycles. The molecule has 0 fully saturated rings. The highest BCUT2D eigenvalue weighted by Crippen LogP contribution is 2.57. The number of halogens is 2. The van der Waals surface area contributed by atoms with Crippen LogP contribution in [-0.4, -0.2) is 11.5 Å². The van der Waals surface area contributed by atoms with Crippen LogP contribution < -0.4 is 4.52 Å². The van der Waals surface area contributed by atoms with Crippen LogP contribution in [0.25, 0.3) is 0 Å². The zero-order valence-electron chi connectivity index (χ0n) is 20.8. The molecule has 0 aliphatic heterocycles. The number of thioether (sulfide) groups is 1. The summed E-state index contributed by atoms with van der Waals surface area (Å²) in [5.74, 6) is 1.29. The summed E-state index contributed by atoms with van der Waals surface area (Å²) in [7, 11) is 0. The smallest absolute Gasteiger partial charge is 0.422 e. The van der Waals surface area contributed by atoms with Gasteiger partial charge in [0, 0.05) is 34.5 Å². The van der Waals surface area contributed by atoms with Crippen molar-refractivity contribution in [2.45, 2.75) is 30.4 Å². The van der Waals surface area contributed by atoms with E-state index >= 15 is 0 Å². The Kier molecular flexibility index (Phi) is 10.2. The molecule has 0 aromatic heterocycles. The molecule has 0 radical (unpaired) electrons. The molecule has 196 valence electrons. The zero-order valence-corrected chi connectivity index (χ0v) is 24.1. The van der Waals surface area contributed by atoms with Gasteiger partial charge in [-0.05, 0) is 59.6 Å². The van der Waals surface area contributed by atoms with Crippen LogP contribution in [0.5, 0.6) is 5.75 Å². The largest absolute Gasteiger partial charge is 0.428 e. The van der Waals surface area contributed by atoms with Crippen molar-refractivity contribution in [2.75, 3.05) is 5.75 Å². The van der Waals surface area contributed by atoms with Crippen LogP contribution in [0.4, 0.5) is 0 Å². The second-order valence-electron chi connectivity index (χ2n) is 8.89. The predicted molar refractivity (Wildman–Crippen MR) is 161 cm³/mol. The molecule has 0 heterocycles. The Hall–Kier alpha value is -2.49. The molecule has 0 spiro atoms. The van der Waals surface area contributed by atoms with E-state index in [2.05, 4.69) is 91.0 Å². The van der Waals surface area contributed by atoms with Crippen LogP contribution in [0.1, 0.15) is 52.7 Å². The van der Waals surface area contributed by atoms with Gasteiger partial charge in [-0.25, -0.2) is 4.57 Å². The summed E-state index contributed by atoms with van der Waals surface area (Å²) in [6, 6.07) is 38.4. The van der Waals surface area contributed by atoms with E-state index < -0.39 is 6.07 Å². The van der Waals surface area contributed by atoms with Crippen LogP contribution in [0, 0.1) is 0 Å². The lowest BCUT2D eigenvalue weighted by molar-refractivity contribution is 0.0979. The van der Waals surface area contributed by atoms with E-state index in [-0.39, 0.29) is 16.3 Å². The quantitative estimate of drug-likeness (QED) is 0.0680. The molecule has 4 rings (SSSR count). The van der Waals surface area contributed by atoms with Gasteiger partial charge in [0.05, 0.1) is 4.75 Å². The summed E-state index contributed by atoms with van der Waals surface area (Å²) in [6.45, 7) is 0. The standard InChI is InChI=1S/C31H29Cl2O3PS/c32-37(33,35)36-29-22-20-25(21-23-29)30(34)19-11-4-12-24-38-31(26-13-5-1-6-14-26,27-15-7-2-8-16-27)28-17-9-3-10-18-28/h1-3,5-10,13-18,20-23H,4,11-12,19,24H2.